The van der Waals surface area contributed by atoms with Gasteiger partial charge >= 0.3 is 6.18 Å². The van der Waals surface area contributed by atoms with Crippen LogP contribution in [0.15, 0.2) is 29.3 Å². The van der Waals surface area contributed by atoms with Crippen molar-refractivity contribution in [2.24, 2.45) is 16.3 Å². The first-order chi connectivity index (χ1) is 14.0. The minimum absolute atomic E-state index is 0. The SMILES string of the molecule is CN(C)C(=O)CNC(=NCc1cccc(C(F)(F)F)c1)NC1C2CCOC2C1(C)C.I. The van der Waals surface area contributed by atoms with E-state index in [9.17, 15) is 18.0 Å². The largest absolute Gasteiger partial charge is 0.416 e. The molecule has 10 heteroatoms. The van der Waals surface area contributed by atoms with E-state index in [0.29, 0.717) is 17.4 Å². The summed E-state index contributed by atoms with van der Waals surface area (Å²) in [5.41, 5.74) is -0.364. The molecule has 0 aromatic heterocycles. The molecule has 3 unspecified atom stereocenters. The monoisotopic (exact) mass is 554 g/mol. The molecule has 1 aliphatic heterocycles. The minimum atomic E-state index is -4.40. The Morgan fingerprint density at radius 3 is 2.68 bits per heavy atom. The van der Waals surface area contributed by atoms with Gasteiger partial charge in [-0.2, -0.15) is 13.2 Å². The molecule has 1 aromatic rings. The van der Waals surface area contributed by atoms with Gasteiger partial charge in [-0.25, -0.2) is 4.99 Å². The van der Waals surface area contributed by atoms with Gasteiger partial charge in [0.2, 0.25) is 5.91 Å². The van der Waals surface area contributed by atoms with Crippen molar-refractivity contribution in [1.82, 2.24) is 15.5 Å². The fraction of sp³-hybridized carbons (Fsp3) is 0.619. The Kier molecular flexibility index (Phi) is 8.23. The second-order valence-corrected chi connectivity index (χ2v) is 8.69. The van der Waals surface area contributed by atoms with Gasteiger partial charge in [0.05, 0.1) is 24.8 Å². The van der Waals surface area contributed by atoms with Gasteiger partial charge in [0, 0.05) is 38.1 Å². The molecule has 6 nitrogen and oxygen atoms in total. The number of rotatable bonds is 5. The van der Waals surface area contributed by atoms with E-state index >= 15 is 0 Å². The Bertz CT molecular complexity index is 814. The maximum atomic E-state index is 13.0. The molecule has 2 fully saturated rings. The summed E-state index contributed by atoms with van der Waals surface area (Å²) in [6.45, 7) is 5.06. The number of guanidine groups is 1. The normalized spacial score (nSPS) is 24.5. The molecule has 1 saturated heterocycles. The van der Waals surface area contributed by atoms with Gasteiger partial charge in [0.15, 0.2) is 5.96 Å². The van der Waals surface area contributed by atoms with Gasteiger partial charge in [-0.1, -0.05) is 26.0 Å². The first kappa shape index (κ1) is 25.7. The van der Waals surface area contributed by atoms with Gasteiger partial charge in [-0.05, 0) is 24.1 Å². The average molecular weight is 554 g/mol. The molecule has 1 heterocycles. The lowest BCUT2D eigenvalue weighted by molar-refractivity contribution is -0.137. The first-order valence-electron chi connectivity index (χ1n) is 10.0. The number of hydrogen-bond donors (Lipinski definition) is 2. The highest BCUT2D eigenvalue weighted by Crippen LogP contribution is 2.52. The Balaban J connectivity index is 0.00000341. The molecule has 31 heavy (non-hydrogen) atoms. The van der Waals surface area contributed by atoms with Crippen LogP contribution in [0.5, 0.6) is 0 Å². The van der Waals surface area contributed by atoms with Crippen LogP contribution in [0.2, 0.25) is 0 Å². The molecular weight excluding hydrogens is 524 g/mol. The number of aliphatic imine (C=N–C) groups is 1. The Morgan fingerprint density at radius 1 is 1.32 bits per heavy atom. The van der Waals surface area contributed by atoms with Crippen LogP contribution in [0.3, 0.4) is 0 Å². The number of nitrogens with zero attached hydrogens (tertiary/aromatic N) is 2. The van der Waals surface area contributed by atoms with E-state index < -0.39 is 11.7 Å². The number of ether oxygens (including phenoxy) is 1. The number of benzene rings is 1. The third-order valence-corrected chi connectivity index (χ3v) is 5.97. The number of fused-ring (bicyclic) bond motifs is 1. The molecule has 1 aliphatic carbocycles. The van der Waals surface area contributed by atoms with Crippen LogP contribution in [-0.4, -0.2) is 56.2 Å². The summed E-state index contributed by atoms with van der Waals surface area (Å²) in [5.74, 6) is 0.634. The fourth-order valence-electron chi connectivity index (χ4n) is 4.25. The number of hydrogen-bond acceptors (Lipinski definition) is 3. The summed E-state index contributed by atoms with van der Waals surface area (Å²) in [4.78, 5) is 17.9. The number of halogens is 4. The Hall–Kier alpha value is -1.56. The van der Waals surface area contributed by atoms with Gasteiger partial charge in [-0.3, -0.25) is 4.79 Å². The molecule has 1 saturated carbocycles. The van der Waals surface area contributed by atoms with Gasteiger partial charge in [-0.15, -0.1) is 24.0 Å². The van der Waals surface area contributed by atoms with Gasteiger partial charge in [0.25, 0.3) is 0 Å². The maximum absolute atomic E-state index is 13.0. The summed E-state index contributed by atoms with van der Waals surface area (Å²) in [5, 5.41) is 6.41. The Labute approximate surface area is 198 Å². The number of likely N-dealkylation sites (N-methyl/N-ethyl adjacent to an activating group) is 1. The fourth-order valence-corrected chi connectivity index (χ4v) is 4.25. The zero-order chi connectivity index (χ0) is 22.1. The molecule has 0 radical (unpaired) electrons. The van der Waals surface area contributed by atoms with Crippen molar-refractivity contribution in [1.29, 1.82) is 0 Å². The number of alkyl halides is 3. The lowest BCUT2D eigenvalue weighted by Gasteiger charge is -2.54. The summed E-state index contributed by atoms with van der Waals surface area (Å²) < 4.78 is 44.7. The molecular formula is C21H30F3IN4O2. The minimum Gasteiger partial charge on any atom is -0.377 e. The molecule has 0 bridgehead atoms. The third kappa shape index (κ3) is 5.82. The number of nitrogens with one attached hydrogen (secondary N) is 2. The standard InChI is InChI=1S/C21H29F3N4O2.HI/c1-20(2)17(15-8-9-30-18(15)20)27-19(26-12-16(29)28(3)4)25-11-13-6-5-7-14(10-13)21(22,23)24;/h5-7,10,15,17-18H,8-9,11-12H2,1-4H3,(H2,25,26,27);1H. The maximum Gasteiger partial charge on any atom is 0.416 e. The van der Waals surface area contributed by atoms with Crippen LogP contribution in [0.4, 0.5) is 13.2 Å². The van der Waals surface area contributed by atoms with Crippen LogP contribution in [-0.2, 0) is 22.3 Å². The van der Waals surface area contributed by atoms with Crippen molar-refractivity contribution in [3.63, 3.8) is 0 Å². The third-order valence-electron chi connectivity index (χ3n) is 5.97. The van der Waals surface area contributed by atoms with Crippen LogP contribution in [0.25, 0.3) is 0 Å². The highest BCUT2D eigenvalue weighted by atomic mass is 127. The highest BCUT2D eigenvalue weighted by Gasteiger charge is 2.59. The van der Waals surface area contributed by atoms with E-state index in [-0.39, 0.29) is 60.5 Å². The van der Waals surface area contributed by atoms with E-state index in [2.05, 4.69) is 29.5 Å². The van der Waals surface area contributed by atoms with Crippen molar-refractivity contribution < 1.29 is 22.7 Å². The lowest BCUT2D eigenvalue weighted by Crippen LogP contribution is -2.68. The molecule has 3 atom stereocenters. The smallest absolute Gasteiger partial charge is 0.377 e. The number of amides is 1. The quantitative estimate of drug-likeness (QED) is 0.334. The van der Waals surface area contributed by atoms with E-state index in [0.717, 1.165) is 25.2 Å². The Morgan fingerprint density at radius 2 is 2.03 bits per heavy atom. The summed E-state index contributed by atoms with van der Waals surface area (Å²) in [6, 6.07) is 5.22. The molecule has 3 rings (SSSR count). The van der Waals surface area contributed by atoms with Crippen molar-refractivity contribution >= 4 is 35.8 Å². The van der Waals surface area contributed by atoms with Crippen molar-refractivity contribution in [2.45, 2.75) is 45.1 Å². The van der Waals surface area contributed by atoms with E-state index in [1.54, 1.807) is 20.2 Å². The van der Waals surface area contributed by atoms with Crippen molar-refractivity contribution in [3.05, 3.63) is 35.4 Å². The summed E-state index contributed by atoms with van der Waals surface area (Å²) in [6.07, 6.45) is -3.27. The van der Waals surface area contributed by atoms with Gasteiger partial charge in [0.1, 0.15) is 0 Å². The predicted molar refractivity (Wildman–Crippen MR) is 123 cm³/mol. The van der Waals surface area contributed by atoms with E-state index in [4.69, 9.17) is 4.74 Å². The molecule has 1 aromatic carbocycles. The molecule has 0 spiro atoms. The zero-order valence-electron chi connectivity index (χ0n) is 18.1. The average Bonchev–Trinajstić information content (AvgIpc) is 3.13. The zero-order valence-corrected chi connectivity index (χ0v) is 20.5. The molecule has 2 aliphatic rings. The van der Waals surface area contributed by atoms with Crippen LogP contribution >= 0.6 is 24.0 Å². The van der Waals surface area contributed by atoms with Crippen molar-refractivity contribution in [3.8, 4) is 0 Å². The number of carbonyl (C=O) groups is 1. The van der Waals surface area contributed by atoms with Gasteiger partial charge < -0.3 is 20.3 Å². The second-order valence-electron chi connectivity index (χ2n) is 8.69. The van der Waals surface area contributed by atoms with Crippen LogP contribution < -0.4 is 10.6 Å². The van der Waals surface area contributed by atoms with E-state index in [1.165, 1.54) is 11.0 Å². The van der Waals surface area contributed by atoms with E-state index in [1.807, 2.05) is 0 Å². The molecule has 2 N–H and O–H groups in total. The topological polar surface area (TPSA) is 66.0 Å². The highest BCUT2D eigenvalue weighted by molar-refractivity contribution is 14.0. The molecule has 174 valence electrons. The molecule has 1 amide bonds. The summed E-state index contributed by atoms with van der Waals surface area (Å²) >= 11 is 0. The lowest BCUT2D eigenvalue weighted by atomic mass is 9.57. The summed E-state index contributed by atoms with van der Waals surface area (Å²) in [7, 11) is 3.32. The van der Waals surface area contributed by atoms with Crippen molar-refractivity contribution in [2.75, 3.05) is 27.2 Å². The number of carbonyl (C=O) groups excluding carboxylic acids is 1. The van der Waals surface area contributed by atoms with Crippen LogP contribution in [0, 0.1) is 11.3 Å². The predicted octanol–water partition coefficient (Wildman–Crippen LogP) is 3.26. The van der Waals surface area contributed by atoms with Crippen LogP contribution in [0.1, 0.15) is 31.4 Å². The second kappa shape index (κ2) is 9.93. The first-order valence-corrected chi connectivity index (χ1v) is 10.0.